The first-order valence-electron chi connectivity index (χ1n) is 3.84. The van der Waals surface area contributed by atoms with Gasteiger partial charge in [-0.1, -0.05) is 0 Å². The lowest BCUT2D eigenvalue weighted by molar-refractivity contribution is 0.0694. The number of methoxy groups -OCH3 is 1. The first kappa shape index (κ1) is 9.73. The maximum Gasteiger partial charge on any atom is 0.339 e. The predicted molar refractivity (Wildman–Crippen MR) is 45.7 cm³/mol. The summed E-state index contributed by atoms with van der Waals surface area (Å²) in [5.74, 6) is -0.947. The summed E-state index contributed by atoms with van der Waals surface area (Å²) < 4.78 is 6.39. The van der Waals surface area contributed by atoms with E-state index in [0.717, 1.165) is 0 Å². The van der Waals surface area contributed by atoms with Gasteiger partial charge >= 0.3 is 5.97 Å². The van der Waals surface area contributed by atoms with Crippen LogP contribution in [-0.4, -0.2) is 28.0 Å². The standard InChI is InChI=1S/C8H12N2O3/c1-5-7(8(11)12)6(2)10(9-5)4-13-3/h4H2,1-3H3,(H,11,12). The molecule has 0 amide bonds. The fourth-order valence-electron chi connectivity index (χ4n) is 1.25. The summed E-state index contributed by atoms with van der Waals surface area (Å²) in [4.78, 5) is 10.8. The summed E-state index contributed by atoms with van der Waals surface area (Å²) in [6.07, 6.45) is 0. The highest BCUT2D eigenvalue weighted by Crippen LogP contribution is 2.12. The molecule has 0 aromatic carbocycles. The van der Waals surface area contributed by atoms with Crippen molar-refractivity contribution in [2.75, 3.05) is 7.11 Å². The van der Waals surface area contributed by atoms with Crippen LogP contribution in [0.4, 0.5) is 0 Å². The van der Waals surface area contributed by atoms with Crippen LogP contribution in [0, 0.1) is 13.8 Å². The molecular formula is C8H12N2O3. The van der Waals surface area contributed by atoms with Crippen molar-refractivity contribution >= 4 is 5.97 Å². The molecule has 5 heteroatoms. The Labute approximate surface area is 75.9 Å². The van der Waals surface area contributed by atoms with Gasteiger partial charge in [0, 0.05) is 7.11 Å². The molecule has 0 aliphatic heterocycles. The van der Waals surface area contributed by atoms with E-state index in [2.05, 4.69) is 5.10 Å². The third-order valence-corrected chi connectivity index (χ3v) is 1.85. The zero-order valence-electron chi connectivity index (χ0n) is 7.87. The number of rotatable bonds is 3. The highest BCUT2D eigenvalue weighted by atomic mass is 16.5. The Morgan fingerprint density at radius 3 is 2.62 bits per heavy atom. The molecule has 1 aromatic heterocycles. The molecule has 1 rings (SSSR count). The maximum atomic E-state index is 10.8. The van der Waals surface area contributed by atoms with E-state index in [-0.39, 0.29) is 12.3 Å². The Kier molecular flexibility index (Phi) is 2.67. The molecule has 0 aliphatic rings. The summed E-state index contributed by atoms with van der Waals surface area (Å²) in [6.45, 7) is 3.66. The summed E-state index contributed by atoms with van der Waals surface area (Å²) in [5, 5.41) is 12.9. The molecule has 1 aromatic rings. The van der Waals surface area contributed by atoms with Gasteiger partial charge in [-0.15, -0.1) is 0 Å². The molecule has 72 valence electrons. The van der Waals surface area contributed by atoms with Gasteiger partial charge in [0.15, 0.2) is 0 Å². The first-order valence-corrected chi connectivity index (χ1v) is 3.84. The van der Waals surface area contributed by atoms with E-state index >= 15 is 0 Å². The number of aromatic nitrogens is 2. The molecule has 0 saturated heterocycles. The predicted octanol–water partition coefficient (Wildman–Crippen LogP) is 0.802. The second kappa shape index (κ2) is 3.57. The highest BCUT2D eigenvalue weighted by Gasteiger charge is 2.16. The lowest BCUT2D eigenvalue weighted by Gasteiger charge is -2.01. The van der Waals surface area contributed by atoms with Crippen molar-refractivity contribution < 1.29 is 14.6 Å². The molecule has 1 heterocycles. The monoisotopic (exact) mass is 184 g/mol. The molecule has 0 aliphatic carbocycles. The van der Waals surface area contributed by atoms with Crippen molar-refractivity contribution in [3.05, 3.63) is 17.0 Å². The van der Waals surface area contributed by atoms with Crippen molar-refractivity contribution in [2.45, 2.75) is 20.6 Å². The van der Waals surface area contributed by atoms with E-state index < -0.39 is 5.97 Å². The number of aryl methyl sites for hydroxylation is 1. The normalized spacial score (nSPS) is 10.4. The molecule has 1 N–H and O–H groups in total. The Bertz CT molecular complexity index is 330. The van der Waals surface area contributed by atoms with Crippen LogP contribution in [0.2, 0.25) is 0 Å². The van der Waals surface area contributed by atoms with Crippen LogP contribution in [-0.2, 0) is 11.5 Å². The minimum Gasteiger partial charge on any atom is -0.478 e. The van der Waals surface area contributed by atoms with E-state index in [9.17, 15) is 4.79 Å². The molecule has 0 radical (unpaired) electrons. The van der Waals surface area contributed by atoms with Crippen molar-refractivity contribution in [3.8, 4) is 0 Å². The lowest BCUT2D eigenvalue weighted by Crippen LogP contribution is -2.05. The van der Waals surface area contributed by atoms with E-state index in [1.54, 1.807) is 13.8 Å². The Morgan fingerprint density at radius 2 is 2.23 bits per heavy atom. The largest absolute Gasteiger partial charge is 0.478 e. The number of hydrogen-bond donors (Lipinski definition) is 1. The molecule has 0 spiro atoms. The van der Waals surface area contributed by atoms with Crippen molar-refractivity contribution in [1.29, 1.82) is 0 Å². The van der Waals surface area contributed by atoms with Gasteiger partial charge in [-0.2, -0.15) is 5.10 Å². The molecule has 0 bridgehead atoms. The smallest absolute Gasteiger partial charge is 0.339 e. The topological polar surface area (TPSA) is 64.4 Å². The highest BCUT2D eigenvalue weighted by molar-refractivity contribution is 5.90. The second-order valence-corrected chi connectivity index (χ2v) is 2.77. The van der Waals surface area contributed by atoms with Crippen LogP contribution in [0.5, 0.6) is 0 Å². The van der Waals surface area contributed by atoms with E-state index in [0.29, 0.717) is 11.4 Å². The number of nitrogens with zero attached hydrogens (tertiary/aromatic N) is 2. The third-order valence-electron chi connectivity index (χ3n) is 1.85. The van der Waals surface area contributed by atoms with E-state index in [1.165, 1.54) is 11.8 Å². The van der Waals surface area contributed by atoms with Crippen LogP contribution in [0.15, 0.2) is 0 Å². The van der Waals surface area contributed by atoms with Gasteiger partial charge < -0.3 is 9.84 Å². The van der Waals surface area contributed by atoms with Crippen molar-refractivity contribution in [3.63, 3.8) is 0 Å². The summed E-state index contributed by atoms with van der Waals surface area (Å²) in [7, 11) is 1.54. The molecule has 0 saturated carbocycles. The minimum absolute atomic E-state index is 0.261. The molecule has 0 fully saturated rings. The van der Waals surface area contributed by atoms with Crippen molar-refractivity contribution in [2.24, 2.45) is 0 Å². The second-order valence-electron chi connectivity index (χ2n) is 2.77. The Hall–Kier alpha value is -1.36. The summed E-state index contributed by atoms with van der Waals surface area (Å²) in [5.41, 5.74) is 1.39. The number of carboxylic acids is 1. The zero-order chi connectivity index (χ0) is 10.0. The summed E-state index contributed by atoms with van der Waals surface area (Å²) in [6, 6.07) is 0. The van der Waals surface area contributed by atoms with Gasteiger partial charge in [0.05, 0.1) is 11.4 Å². The molecule has 13 heavy (non-hydrogen) atoms. The SMILES string of the molecule is COCn1nc(C)c(C(=O)O)c1C. The van der Waals surface area contributed by atoms with E-state index in [1.807, 2.05) is 0 Å². The van der Waals surface area contributed by atoms with E-state index in [4.69, 9.17) is 9.84 Å². The molecule has 5 nitrogen and oxygen atoms in total. The van der Waals surface area contributed by atoms with Gasteiger partial charge in [0.2, 0.25) is 0 Å². The Balaban J connectivity index is 3.14. The number of ether oxygens (including phenoxy) is 1. The molecule has 0 unspecified atom stereocenters. The van der Waals surface area contributed by atoms with Crippen LogP contribution in [0.3, 0.4) is 0 Å². The number of carbonyl (C=O) groups is 1. The maximum absolute atomic E-state index is 10.8. The third kappa shape index (κ3) is 1.70. The van der Waals surface area contributed by atoms with Crippen molar-refractivity contribution in [1.82, 2.24) is 9.78 Å². The fourth-order valence-corrected chi connectivity index (χ4v) is 1.25. The van der Waals surface area contributed by atoms with Gasteiger partial charge in [-0.3, -0.25) is 0 Å². The van der Waals surface area contributed by atoms with Gasteiger partial charge in [-0.05, 0) is 13.8 Å². The van der Waals surface area contributed by atoms with Gasteiger partial charge in [0.1, 0.15) is 12.3 Å². The fraction of sp³-hybridized carbons (Fsp3) is 0.500. The van der Waals surface area contributed by atoms with Crippen LogP contribution >= 0.6 is 0 Å². The lowest BCUT2D eigenvalue weighted by atomic mass is 10.2. The average molecular weight is 184 g/mol. The molecular weight excluding hydrogens is 172 g/mol. The average Bonchev–Trinajstić information content (AvgIpc) is 2.28. The zero-order valence-corrected chi connectivity index (χ0v) is 7.87. The quantitative estimate of drug-likeness (QED) is 0.754. The van der Waals surface area contributed by atoms with Crippen LogP contribution < -0.4 is 0 Å². The Morgan fingerprint density at radius 1 is 1.62 bits per heavy atom. The minimum atomic E-state index is -0.947. The van der Waals surface area contributed by atoms with Crippen LogP contribution in [0.25, 0.3) is 0 Å². The number of aromatic carboxylic acids is 1. The number of hydrogen-bond acceptors (Lipinski definition) is 3. The number of carboxylic acid groups (broad SMARTS) is 1. The van der Waals surface area contributed by atoms with Gasteiger partial charge in [-0.25, -0.2) is 9.48 Å². The van der Waals surface area contributed by atoms with Gasteiger partial charge in [0.25, 0.3) is 0 Å². The van der Waals surface area contributed by atoms with Crippen LogP contribution in [0.1, 0.15) is 21.7 Å². The molecule has 0 atom stereocenters. The summed E-state index contributed by atoms with van der Waals surface area (Å²) >= 11 is 0. The first-order chi connectivity index (χ1) is 6.07.